The number of ether oxygens (including phenoxy) is 3. The lowest BCUT2D eigenvalue weighted by atomic mass is 10.1. The van der Waals surface area contributed by atoms with Gasteiger partial charge in [-0.1, -0.05) is 0 Å². The van der Waals surface area contributed by atoms with E-state index in [1.165, 1.54) is 14.2 Å². The van der Waals surface area contributed by atoms with Gasteiger partial charge in [0.2, 0.25) is 0 Å². The molecule has 72 valence electrons. The summed E-state index contributed by atoms with van der Waals surface area (Å²) in [5, 5.41) is 18.6. The topological polar surface area (TPSA) is 68.2 Å². The van der Waals surface area contributed by atoms with Crippen LogP contribution >= 0.6 is 0 Å². The van der Waals surface area contributed by atoms with Gasteiger partial charge >= 0.3 is 0 Å². The molecule has 5 heteroatoms. The molecule has 1 aliphatic rings. The van der Waals surface area contributed by atoms with Gasteiger partial charge in [0.05, 0.1) is 6.10 Å². The van der Waals surface area contributed by atoms with Crippen LogP contribution in [0.5, 0.6) is 0 Å². The average Bonchev–Trinajstić information content (AvgIpc) is 2.09. The third kappa shape index (κ3) is 1.94. The van der Waals surface area contributed by atoms with Crippen LogP contribution < -0.4 is 0 Å². The molecule has 1 heterocycles. The smallest absolute Gasteiger partial charge is 0.188 e. The first-order valence-corrected chi connectivity index (χ1v) is 3.76. The minimum absolute atomic E-state index is 0.261. The molecular weight excluding hydrogens is 164 g/mol. The van der Waals surface area contributed by atoms with E-state index in [-0.39, 0.29) is 6.42 Å². The fourth-order valence-corrected chi connectivity index (χ4v) is 1.15. The van der Waals surface area contributed by atoms with Crippen LogP contribution in [0, 0.1) is 0 Å². The van der Waals surface area contributed by atoms with Gasteiger partial charge in [-0.25, -0.2) is 0 Å². The van der Waals surface area contributed by atoms with Crippen molar-refractivity contribution in [2.45, 2.75) is 31.2 Å². The predicted octanol–water partition coefficient (Wildman–Crippen LogP) is -0.927. The summed E-state index contributed by atoms with van der Waals surface area (Å²) in [4.78, 5) is 0. The first-order chi connectivity index (χ1) is 5.69. The van der Waals surface area contributed by atoms with Crippen molar-refractivity contribution in [2.24, 2.45) is 0 Å². The predicted molar refractivity (Wildman–Crippen MR) is 39.3 cm³/mol. The molecule has 0 aromatic carbocycles. The van der Waals surface area contributed by atoms with Crippen molar-refractivity contribution >= 4 is 0 Å². The second-order valence-corrected chi connectivity index (χ2v) is 2.70. The van der Waals surface area contributed by atoms with Crippen LogP contribution in [-0.2, 0) is 14.2 Å². The monoisotopic (exact) mass is 178 g/mol. The molecule has 12 heavy (non-hydrogen) atoms. The van der Waals surface area contributed by atoms with Gasteiger partial charge in [-0.05, 0) is 0 Å². The lowest BCUT2D eigenvalue weighted by Gasteiger charge is -2.35. The highest BCUT2D eigenvalue weighted by Crippen LogP contribution is 2.20. The number of rotatable bonds is 2. The Morgan fingerprint density at radius 3 is 2.42 bits per heavy atom. The minimum Gasteiger partial charge on any atom is -0.390 e. The van der Waals surface area contributed by atoms with Crippen LogP contribution in [0.4, 0.5) is 0 Å². The third-order valence-electron chi connectivity index (χ3n) is 1.89. The summed E-state index contributed by atoms with van der Waals surface area (Å²) in [5.74, 6) is 0. The van der Waals surface area contributed by atoms with Crippen LogP contribution in [0.15, 0.2) is 0 Å². The zero-order chi connectivity index (χ0) is 9.14. The Morgan fingerprint density at radius 1 is 1.25 bits per heavy atom. The van der Waals surface area contributed by atoms with E-state index in [2.05, 4.69) is 0 Å². The molecule has 0 amide bonds. The maximum atomic E-state index is 9.30. The molecule has 1 unspecified atom stereocenters. The fraction of sp³-hybridized carbons (Fsp3) is 1.00. The molecule has 5 nitrogen and oxygen atoms in total. The summed E-state index contributed by atoms with van der Waals surface area (Å²) < 4.78 is 14.8. The quantitative estimate of drug-likeness (QED) is 0.572. The number of aliphatic hydroxyl groups is 2. The summed E-state index contributed by atoms with van der Waals surface area (Å²) in [7, 11) is 2.88. The lowest BCUT2D eigenvalue weighted by Crippen LogP contribution is -2.49. The average molecular weight is 178 g/mol. The number of aliphatic hydroxyl groups excluding tert-OH is 2. The van der Waals surface area contributed by atoms with Crippen molar-refractivity contribution < 1.29 is 24.4 Å². The normalized spacial score (nSPS) is 43.0. The van der Waals surface area contributed by atoms with E-state index in [1.54, 1.807) is 0 Å². The molecule has 0 spiro atoms. The molecule has 1 rings (SSSR count). The molecule has 0 radical (unpaired) electrons. The SMILES string of the molecule is CO[C@@H]1C[C@H](O)C(O)[C@H](OC)O1. The van der Waals surface area contributed by atoms with Gasteiger partial charge in [-0.15, -0.1) is 0 Å². The molecule has 1 aliphatic heterocycles. The van der Waals surface area contributed by atoms with Crippen molar-refractivity contribution in [1.29, 1.82) is 0 Å². The molecule has 0 aromatic rings. The lowest BCUT2D eigenvalue weighted by molar-refractivity contribution is -0.307. The number of hydrogen-bond donors (Lipinski definition) is 2. The van der Waals surface area contributed by atoms with Crippen LogP contribution in [0.25, 0.3) is 0 Å². The highest BCUT2D eigenvalue weighted by atomic mass is 16.8. The van der Waals surface area contributed by atoms with Gasteiger partial charge in [0, 0.05) is 20.6 Å². The van der Waals surface area contributed by atoms with Crippen molar-refractivity contribution in [3.63, 3.8) is 0 Å². The molecule has 2 N–H and O–H groups in total. The van der Waals surface area contributed by atoms with Gasteiger partial charge in [-0.2, -0.15) is 0 Å². The van der Waals surface area contributed by atoms with Crippen LogP contribution in [0.2, 0.25) is 0 Å². The Labute approximate surface area is 70.9 Å². The van der Waals surface area contributed by atoms with Gasteiger partial charge in [-0.3, -0.25) is 0 Å². The molecule has 0 bridgehead atoms. The Bertz CT molecular complexity index is 140. The van der Waals surface area contributed by atoms with Gasteiger partial charge < -0.3 is 24.4 Å². The molecule has 0 aliphatic carbocycles. The second kappa shape index (κ2) is 4.15. The first-order valence-electron chi connectivity index (χ1n) is 3.76. The zero-order valence-corrected chi connectivity index (χ0v) is 7.14. The molecule has 1 saturated heterocycles. The van der Waals surface area contributed by atoms with Crippen molar-refractivity contribution in [3.05, 3.63) is 0 Å². The van der Waals surface area contributed by atoms with E-state index in [9.17, 15) is 10.2 Å². The van der Waals surface area contributed by atoms with Crippen molar-refractivity contribution in [1.82, 2.24) is 0 Å². The van der Waals surface area contributed by atoms with E-state index < -0.39 is 24.8 Å². The Hall–Kier alpha value is -0.200. The Morgan fingerprint density at radius 2 is 1.92 bits per heavy atom. The largest absolute Gasteiger partial charge is 0.390 e. The summed E-state index contributed by atoms with van der Waals surface area (Å²) in [5.41, 5.74) is 0. The van der Waals surface area contributed by atoms with E-state index in [0.29, 0.717) is 0 Å². The van der Waals surface area contributed by atoms with Crippen molar-refractivity contribution in [3.8, 4) is 0 Å². The Kier molecular flexibility index (Phi) is 3.42. The molecule has 1 fully saturated rings. The van der Waals surface area contributed by atoms with E-state index >= 15 is 0 Å². The zero-order valence-electron chi connectivity index (χ0n) is 7.14. The van der Waals surface area contributed by atoms with Crippen LogP contribution in [0.3, 0.4) is 0 Å². The first kappa shape index (κ1) is 9.88. The van der Waals surface area contributed by atoms with Gasteiger partial charge in [0.1, 0.15) is 6.10 Å². The summed E-state index contributed by atoms with van der Waals surface area (Å²) in [6, 6.07) is 0. The Balaban J connectivity index is 2.52. The van der Waals surface area contributed by atoms with Gasteiger partial charge in [0.15, 0.2) is 12.6 Å². The molecular formula is C7H14O5. The third-order valence-corrected chi connectivity index (χ3v) is 1.89. The number of methoxy groups -OCH3 is 2. The van der Waals surface area contributed by atoms with Crippen LogP contribution in [-0.4, -0.2) is 49.2 Å². The second-order valence-electron chi connectivity index (χ2n) is 2.70. The summed E-state index contributed by atoms with van der Waals surface area (Å²) >= 11 is 0. The standard InChI is InChI=1S/C7H14O5/c1-10-5-3-4(8)6(9)7(11-2)12-5/h4-9H,3H2,1-2H3/t4-,5-,6?,7+/m0/s1. The molecule has 4 atom stereocenters. The maximum absolute atomic E-state index is 9.30. The minimum atomic E-state index is -0.999. The van der Waals surface area contributed by atoms with Gasteiger partial charge in [0.25, 0.3) is 0 Å². The van der Waals surface area contributed by atoms with Crippen LogP contribution in [0.1, 0.15) is 6.42 Å². The van der Waals surface area contributed by atoms with Crippen molar-refractivity contribution in [2.75, 3.05) is 14.2 Å². The van der Waals surface area contributed by atoms with E-state index in [0.717, 1.165) is 0 Å². The maximum Gasteiger partial charge on any atom is 0.188 e. The highest BCUT2D eigenvalue weighted by Gasteiger charge is 2.36. The fourth-order valence-electron chi connectivity index (χ4n) is 1.15. The summed E-state index contributed by atoms with van der Waals surface area (Å²) in [6.45, 7) is 0. The molecule has 0 saturated carbocycles. The highest BCUT2D eigenvalue weighted by molar-refractivity contribution is 4.77. The number of hydrogen-bond acceptors (Lipinski definition) is 5. The van der Waals surface area contributed by atoms with E-state index in [1.807, 2.05) is 0 Å². The summed E-state index contributed by atoms with van der Waals surface area (Å²) in [6.07, 6.45) is -2.90. The van der Waals surface area contributed by atoms with E-state index in [4.69, 9.17) is 14.2 Å². The molecule has 0 aromatic heterocycles.